The molecule has 5 heteroatoms. The number of hydrogen-bond donors (Lipinski definition) is 0. The molecule has 0 fully saturated rings. The van der Waals surface area contributed by atoms with Crippen molar-refractivity contribution in [1.29, 1.82) is 0 Å². The fraction of sp³-hybridized carbons (Fsp3) is 0.308. The normalized spacial score (nSPS) is 11.1. The first-order valence-electron chi connectivity index (χ1n) is 5.74. The third kappa shape index (κ3) is 2.61. The van der Waals surface area contributed by atoms with Gasteiger partial charge >= 0.3 is 0 Å². The summed E-state index contributed by atoms with van der Waals surface area (Å²) < 4.78 is 0. The number of fused-ring (bicyclic) bond motifs is 1. The Morgan fingerprint density at radius 3 is 2.83 bits per heavy atom. The molecule has 0 amide bonds. The summed E-state index contributed by atoms with van der Waals surface area (Å²) in [6, 6.07) is 6.83. The lowest BCUT2D eigenvalue weighted by Crippen LogP contribution is -1.94. The van der Waals surface area contributed by atoms with Gasteiger partial charge in [-0.05, 0) is 24.1 Å². The number of non-ortho nitro benzene ring substituents is 1. The lowest BCUT2D eigenvalue weighted by Gasteiger charge is -2.07. The van der Waals surface area contributed by atoms with E-state index in [1.54, 1.807) is 42.2 Å². The number of nitrogens with zero attached hydrogens (tertiary/aromatic N) is 2. The van der Waals surface area contributed by atoms with Crippen molar-refractivity contribution in [2.24, 2.45) is 5.92 Å². The topological polar surface area (TPSA) is 56.0 Å². The van der Waals surface area contributed by atoms with Gasteiger partial charge in [-0.1, -0.05) is 13.8 Å². The summed E-state index contributed by atoms with van der Waals surface area (Å²) in [5.41, 5.74) is 0.837. The van der Waals surface area contributed by atoms with E-state index in [4.69, 9.17) is 0 Å². The van der Waals surface area contributed by atoms with Gasteiger partial charge in [0.15, 0.2) is 0 Å². The molecule has 1 heterocycles. The van der Waals surface area contributed by atoms with E-state index in [1.807, 2.05) is 0 Å². The van der Waals surface area contributed by atoms with Crippen LogP contribution in [0.5, 0.6) is 0 Å². The second-order valence-corrected chi connectivity index (χ2v) is 5.51. The van der Waals surface area contributed by atoms with Crippen LogP contribution >= 0.6 is 11.8 Å². The quantitative estimate of drug-likeness (QED) is 0.476. The SMILES string of the molecule is CC(C)CSc1ccc([N+](=O)[O-])c2cccnc12. The van der Waals surface area contributed by atoms with Crippen LogP contribution in [0.4, 0.5) is 5.69 Å². The summed E-state index contributed by atoms with van der Waals surface area (Å²) in [5.74, 6) is 1.55. The van der Waals surface area contributed by atoms with Crippen LogP contribution in [0.2, 0.25) is 0 Å². The number of aromatic nitrogens is 1. The molecular formula is C13H14N2O2S. The molecule has 0 aliphatic rings. The number of nitro benzene ring substituents is 1. The summed E-state index contributed by atoms with van der Waals surface area (Å²) in [7, 11) is 0. The minimum absolute atomic E-state index is 0.118. The van der Waals surface area contributed by atoms with E-state index in [-0.39, 0.29) is 10.6 Å². The highest BCUT2D eigenvalue weighted by Gasteiger charge is 2.15. The van der Waals surface area contributed by atoms with Crippen LogP contribution in [0.1, 0.15) is 13.8 Å². The van der Waals surface area contributed by atoms with Crippen LogP contribution in [0.15, 0.2) is 35.4 Å². The van der Waals surface area contributed by atoms with Gasteiger partial charge in [-0.2, -0.15) is 0 Å². The minimum Gasteiger partial charge on any atom is -0.258 e. The molecular weight excluding hydrogens is 248 g/mol. The molecule has 1 aromatic heterocycles. The number of nitro groups is 1. The standard InChI is InChI=1S/C13H14N2O2S/c1-9(2)8-18-12-6-5-11(15(16)17)10-4-3-7-14-13(10)12/h3-7,9H,8H2,1-2H3. The van der Waals surface area contributed by atoms with Crippen LogP contribution in [0.25, 0.3) is 10.9 Å². The summed E-state index contributed by atoms with van der Waals surface area (Å²) >= 11 is 1.69. The molecule has 0 atom stereocenters. The highest BCUT2D eigenvalue weighted by Crippen LogP contribution is 2.32. The first-order chi connectivity index (χ1) is 8.59. The first kappa shape index (κ1) is 12.8. The van der Waals surface area contributed by atoms with Crippen molar-refractivity contribution in [3.63, 3.8) is 0 Å². The van der Waals surface area contributed by atoms with Crippen molar-refractivity contribution in [3.05, 3.63) is 40.6 Å². The average molecular weight is 262 g/mol. The van der Waals surface area contributed by atoms with Crippen molar-refractivity contribution in [1.82, 2.24) is 4.98 Å². The number of rotatable bonds is 4. The van der Waals surface area contributed by atoms with E-state index < -0.39 is 0 Å². The van der Waals surface area contributed by atoms with Crippen molar-refractivity contribution in [3.8, 4) is 0 Å². The van der Waals surface area contributed by atoms with Crippen LogP contribution in [0, 0.1) is 16.0 Å². The lowest BCUT2D eigenvalue weighted by atomic mass is 10.2. The summed E-state index contributed by atoms with van der Waals surface area (Å²) in [6.45, 7) is 4.29. The summed E-state index contributed by atoms with van der Waals surface area (Å²) in [6.07, 6.45) is 1.67. The van der Waals surface area contributed by atoms with Gasteiger partial charge < -0.3 is 0 Å². The fourth-order valence-electron chi connectivity index (χ4n) is 1.66. The van der Waals surface area contributed by atoms with Crippen LogP contribution in [-0.4, -0.2) is 15.7 Å². The van der Waals surface area contributed by atoms with Crippen LogP contribution < -0.4 is 0 Å². The molecule has 18 heavy (non-hydrogen) atoms. The zero-order chi connectivity index (χ0) is 13.1. The molecule has 0 aliphatic carbocycles. The molecule has 1 aromatic carbocycles. The van der Waals surface area contributed by atoms with Crippen molar-refractivity contribution in [2.75, 3.05) is 5.75 Å². The number of hydrogen-bond acceptors (Lipinski definition) is 4. The van der Waals surface area contributed by atoms with E-state index in [0.717, 1.165) is 16.2 Å². The Morgan fingerprint density at radius 1 is 1.39 bits per heavy atom. The fourth-order valence-corrected chi connectivity index (χ4v) is 2.64. The minimum atomic E-state index is -0.360. The monoisotopic (exact) mass is 262 g/mol. The zero-order valence-corrected chi connectivity index (χ0v) is 11.1. The molecule has 4 nitrogen and oxygen atoms in total. The molecule has 0 radical (unpaired) electrons. The van der Waals surface area contributed by atoms with Gasteiger partial charge in [0, 0.05) is 22.9 Å². The van der Waals surface area contributed by atoms with Gasteiger partial charge in [-0.15, -0.1) is 11.8 Å². The molecule has 2 rings (SSSR count). The van der Waals surface area contributed by atoms with E-state index in [0.29, 0.717) is 11.3 Å². The van der Waals surface area contributed by atoms with E-state index >= 15 is 0 Å². The maximum Gasteiger partial charge on any atom is 0.278 e. The predicted octanol–water partition coefficient (Wildman–Crippen LogP) is 3.89. The van der Waals surface area contributed by atoms with Gasteiger partial charge in [0.05, 0.1) is 15.8 Å². The first-order valence-corrected chi connectivity index (χ1v) is 6.73. The second kappa shape index (κ2) is 5.35. The molecule has 0 bridgehead atoms. The Bertz CT molecular complexity index is 584. The summed E-state index contributed by atoms with van der Waals surface area (Å²) in [5, 5.41) is 11.6. The maximum absolute atomic E-state index is 11.0. The molecule has 0 saturated heterocycles. The highest BCUT2D eigenvalue weighted by molar-refractivity contribution is 7.99. The largest absolute Gasteiger partial charge is 0.278 e. The van der Waals surface area contributed by atoms with Gasteiger partial charge in [0.1, 0.15) is 0 Å². The third-order valence-electron chi connectivity index (χ3n) is 2.48. The Hall–Kier alpha value is -1.62. The third-order valence-corrected chi connectivity index (χ3v) is 3.95. The number of benzene rings is 1. The van der Waals surface area contributed by atoms with Crippen LogP contribution in [0.3, 0.4) is 0 Å². The lowest BCUT2D eigenvalue weighted by molar-refractivity contribution is -0.383. The van der Waals surface area contributed by atoms with E-state index in [2.05, 4.69) is 18.8 Å². The van der Waals surface area contributed by atoms with Crippen molar-refractivity contribution < 1.29 is 4.92 Å². The number of thioether (sulfide) groups is 1. The predicted molar refractivity (Wildman–Crippen MR) is 74.0 cm³/mol. The number of pyridine rings is 1. The Kier molecular flexibility index (Phi) is 3.81. The molecule has 2 aromatic rings. The Balaban J connectivity index is 2.50. The van der Waals surface area contributed by atoms with Crippen molar-refractivity contribution in [2.45, 2.75) is 18.7 Å². The smallest absolute Gasteiger partial charge is 0.258 e. The van der Waals surface area contributed by atoms with Gasteiger partial charge in [-0.3, -0.25) is 15.1 Å². The second-order valence-electron chi connectivity index (χ2n) is 4.44. The van der Waals surface area contributed by atoms with Gasteiger partial charge in [-0.25, -0.2) is 0 Å². The average Bonchev–Trinajstić information content (AvgIpc) is 2.35. The highest BCUT2D eigenvalue weighted by atomic mass is 32.2. The molecule has 0 saturated carbocycles. The van der Waals surface area contributed by atoms with Crippen LogP contribution in [-0.2, 0) is 0 Å². The maximum atomic E-state index is 11.0. The molecule has 0 unspecified atom stereocenters. The zero-order valence-electron chi connectivity index (χ0n) is 10.3. The van der Waals surface area contributed by atoms with Gasteiger partial charge in [0.25, 0.3) is 5.69 Å². The van der Waals surface area contributed by atoms with Crippen molar-refractivity contribution >= 4 is 28.4 Å². The molecule has 0 aliphatic heterocycles. The Morgan fingerprint density at radius 2 is 2.17 bits per heavy atom. The molecule has 94 valence electrons. The summed E-state index contributed by atoms with van der Waals surface area (Å²) in [4.78, 5) is 15.9. The Labute approximate surface area is 110 Å². The molecule has 0 N–H and O–H groups in total. The van der Waals surface area contributed by atoms with E-state index in [1.165, 1.54) is 0 Å². The van der Waals surface area contributed by atoms with E-state index in [9.17, 15) is 10.1 Å². The van der Waals surface area contributed by atoms with Gasteiger partial charge in [0.2, 0.25) is 0 Å². The molecule has 0 spiro atoms.